The van der Waals surface area contributed by atoms with Gasteiger partial charge in [-0.25, -0.2) is 0 Å². The van der Waals surface area contributed by atoms with Crippen LogP contribution in [-0.4, -0.2) is 41.2 Å². The molecule has 0 bridgehead atoms. The zero-order valence-corrected chi connectivity index (χ0v) is 15.5. The summed E-state index contributed by atoms with van der Waals surface area (Å²) in [6, 6.07) is 11.0. The molecule has 3 heterocycles. The quantitative estimate of drug-likeness (QED) is 0.799. The van der Waals surface area contributed by atoms with Gasteiger partial charge in [0.1, 0.15) is 5.78 Å². The van der Waals surface area contributed by atoms with Crippen molar-refractivity contribution in [3.05, 3.63) is 47.8 Å². The molecule has 0 spiro atoms. The third-order valence-electron chi connectivity index (χ3n) is 5.61. The molecule has 5 heteroatoms. The van der Waals surface area contributed by atoms with Crippen LogP contribution < -0.4 is 9.47 Å². The zero-order chi connectivity index (χ0) is 18.1. The third-order valence-corrected chi connectivity index (χ3v) is 5.61. The Morgan fingerprint density at radius 1 is 1.23 bits per heavy atom. The smallest absolute Gasteiger partial charge is 0.231 e. The Labute approximate surface area is 154 Å². The predicted octanol–water partition coefficient (Wildman–Crippen LogP) is 3.13. The first kappa shape index (κ1) is 17.2. The molecule has 1 fully saturated rings. The van der Waals surface area contributed by atoms with E-state index in [-0.39, 0.29) is 5.78 Å². The number of aryl methyl sites for hydroxylation is 2. The maximum absolute atomic E-state index is 11.7. The topological polar surface area (TPSA) is 43.7 Å². The number of benzene rings is 1. The second-order valence-corrected chi connectivity index (χ2v) is 7.48. The molecule has 1 aromatic carbocycles. The van der Waals surface area contributed by atoms with Crippen molar-refractivity contribution < 1.29 is 14.3 Å². The van der Waals surface area contributed by atoms with Crippen molar-refractivity contribution in [2.75, 3.05) is 19.9 Å². The number of hydrogen-bond donors (Lipinski definition) is 0. The van der Waals surface area contributed by atoms with Crippen LogP contribution >= 0.6 is 0 Å². The molecule has 1 aromatic heterocycles. The highest BCUT2D eigenvalue weighted by atomic mass is 16.7. The second kappa shape index (κ2) is 7.16. The zero-order valence-electron chi connectivity index (χ0n) is 15.5. The number of hydrogen-bond acceptors (Lipinski definition) is 4. The summed E-state index contributed by atoms with van der Waals surface area (Å²) in [5, 5.41) is 0. The number of carbonyl (C=O) groups is 1. The van der Waals surface area contributed by atoms with Crippen LogP contribution in [0.4, 0.5) is 0 Å². The molecular formula is C21H26N2O3. The fraction of sp³-hybridized carbons (Fsp3) is 0.476. The summed E-state index contributed by atoms with van der Waals surface area (Å²) >= 11 is 0. The number of fused-ring (bicyclic) bond motifs is 1. The van der Waals surface area contributed by atoms with Gasteiger partial charge in [-0.15, -0.1) is 0 Å². The number of likely N-dealkylation sites (tertiary alicyclic amines) is 1. The first-order valence-electron chi connectivity index (χ1n) is 9.33. The lowest BCUT2D eigenvalue weighted by atomic mass is 9.94. The Bertz CT molecular complexity index is 798. The van der Waals surface area contributed by atoms with Crippen LogP contribution in [0.1, 0.15) is 36.9 Å². The van der Waals surface area contributed by atoms with Crippen LogP contribution in [0.3, 0.4) is 0 Å². The number of rotatable bonds is 6. The molecule has 2 aliphatic heterocycles. The molecule has 2 atom stereocenters. The molecule has 4 rings (SSSR count). The van der Waals surface area contributed by atoms with Crippen LogP contribution in [0.25, 0.3) is 0 Å². The molecule has 2 unspecified atom stereocenters. The number of Topliss-reactive ketones (excluding diaryl/α,β-unsaturated/α-hetero) is 1. The van der Waals surface area contributed by atoms with E-state index in [9.17, 15) is 4.79 Å². The number of nitrogens with zero attached hydrogens (tertiary/aromatic N) is 2. The fourth-order valence-corrected chi connectivity index (χ4v) is 4.24. The number of carbonyl (C=O) groups excluding carboxylic acids is 1. The van der Waals surface area contributed by atoms with E-state index in [2.05, 4.69) is 47.0 Å². The Morgan fingerprint density at radius 2 is 2.08 bits per heavy atom. The molecule has 0 aliphatic carbocycles. The van der Waals surface area contributed by atoms with Gasteiger partial charge in [0, 0.05) is 31.5 Å². The number of ketones is 1. The van der Waals surface area contributed by atoms with E-state index >= 15 is 0 Å². The molecule has 138 valence electrons. The van der Waals surface area contributed by atoms with E-state index in [1.54, 1.807) is 6.92 Å². The summed E-state index contributed by atoms with van der Waals surface area (Å²) in [5.41, 5.74) is 2.63. The predicted molar refractivity (Wildman–Crippen MR) is 99.7 cm³/mol. The second-order valence-electron chi connectivity index (χ2n) is 7.48. The normalized spacial score (nSPS) is 22.1. The maximum Gasteiger partial charge on any atom is 0.231 e. The minimum Gasteiger partial charge on any atom is -0.454 e. The molecule has 1 saturated heterocycles. The Hall–Kier alpha value is -2.27. The van der Waals surface area contributed by atoms with Crippen molar-refractivity contribution in [1.82, 2.24) is 9.47 Å². The van der Waals surface area contributed by atoms with E-state index in [0.717, 1.165) is 37.3 Å². The molecule has 0 N–H and O–H groups in total. The lowest BCUT2D eigenvalue weighted by Gasteiger charge is -2.23. The molecule has 26 heavy (non-hydrogen) atoms. The Balaban J connectivity index is 1.47. The average molecular weight is 354 g/mol. The number of aromatic nitrogens is 1. The van der Waals surface area contributed by atoms with Crippen molar-refractivity contribution in [1.29, 1.82) is 0 Å². The van der Waals surface area contributed by atoms with E-state index < -0.39 is 0 Å². The monoisotopic (exact) mass is 354 g/mol. The summed E-state index contributed by atoms with van der Waals surface area (Å²) < 4.78 is 13.1. The summed E-state index contributed by atoms with van der Waals surface area (Å²) in [6.07, 6.45) is 5.28. The van der Waals surface area contributed by atoms with Crippen LogP contribution in [0.5, 0.6) is 11.5 Å². The van der Waals surface area contributed by atoms with E-state index in [1.807, 2.05) is 6.07 Å². The maximum atomic E-state index is 11.7. The summed E-state index contributed by atoms with van der Waals surface area (Å²) in [4.78, 5) is 14.1. The van der Waals surface area contributed by atoms with Crippen molar-refractivity contribution in [3.63, 3.8) is 0 Å². The standard InChI is InChI=1S/C21H26N2O3/c1-15(24)12-23-13-17(16-5-8-20-21(11-16)26-14-25-20)10-19(23)7-6-18-4-3-9-22(18)2/h3-5,8-9,11,17,19H,6-7,10,12-14H2,1-2H3. The lowest BCUT2D eigenvalue weighted by Crippen LogP contribution is -2.34. The van der Waals surface area contributed by atoms with Crippen LogP contribution in [0.2, 0.25) is 0 Å². The molecule has 0 amide bonds. The largest absolute Gasteiger partial charge is 0.454 e. The SMILES string of the molecule is CC(=O)CN1CC(c2ccc3c(c2)OCO3)CC1CCc1cccn1C. The fourth-order valence-electron chi connectivity index (χ4n) is 4.24. The van der Waals surface area contributed by atoms with Crippen molar-refractivity contribution >= 4 is 5.78 Å². The van der Waals surface area contributed by atoms with Gasteiger partial charge >= 0.3 is 0 Å². The van der Waals surface area contributed by atoms with Gasteiger partial charge < -0.3 is 14.0 Å². The van der Waals surface area contributed by atoms with Crippen molar-refractivity contribution in [3.8, 4) is 11.5 Å². The van der Waals surface area contributed by atoms with Crippen molar-refractivity contribution in [2.24, 2.45) is 7.05 Å². The van der Waals surface area contributed by atoms with Gasteiger partial charge in [-0.05, 0) is 61.9 Å². The highest BCUT2D eigenvalue weighted by Gasteiger charge is 2.33. The minimum atomic E-state index is 0.236. The lowest BCUT2D eigenvalue weighted by molar-refractivity contribution is -0.118. The molecular weight excluding hydrogens is 328 g/mol. The molecule has 0 saturated carbocycles. The molecule has 2 aliphatic rings. The minimum absolute atomic E-state index is 0.236. The Kier molecular flexibility index (Phi) is 4.72. The van der Waals surface area contributed by atoms with Gasteiger partial charge in [-0.1, -0.05) is 6.07 Å². The van der Waals surface area contributed by atoms with E-state index in [0.29, 0.717) is 25.3 Å². The van der Waals surface area contributed by atoms with Gasteiger partial charge in [-0.2, -0.15) is 0 Å². The summed E-state index contributed by atoms with van der Waals surface area (Å²) in [5.74, 6) is 2.34. The first-order valence-corrected chi connectivity index (χ1v) is 9.33. The number of ether oxygens (including phenoxy) is 2. The third kappa shape index (κ3) is 3.49. The summed E-state index contributed by atoms with van der Waals surface area (Å²) in [6.45, 7) is 3.46. The average Bonchev–Trinajstić information content (AvgIpc) is 3.32. The highest BCUT2D eigenvalue weighted by Crippen LogP contribution is 2.39. The van der Waals surface area contributed by atoms with E-state index in [4.69, 9.17) is 9.47 Å². The van der Waals surface area contributed by atoms with Gasteiger partial charge in [0.25, 0.3) is 0 Å². The van der Waals surface area contributed by atoms with E-state index in [1.165, 1.54) is 11.3 Å². The van der Waals surface area contributed by atoms with Crippen LogP contribution in [0.15, 0.2) is 36.5 Å². The molecule has 5 nitrogen and oxygen atoms in total. The Morgan fingerprint density at radius 3 is 2.85 bits per heavy atom. The van der Waals surface area contributed by atoms with Gasteiger partial charge in [0.15, 0.2) is 11.5 Å². The van der Waals surface area contributed by atoms with Crippen LogP contribution in [0, 0.1) is 0 Å². The first-order chi connectivity index (χ1) is 12.6. The van der Waals surface area contributed by atoms with Gasteiger partial charge in [0.2, 0.25) is 6.79 Å². The summed E-state index contributed by atoms with van der Waals surface area (Å²) in [7, 11) is 2.09. The molecule has 2 aromatic rings. The van der Waals surface area contributed by atoms with Crippen LogP contribution in [-0.2, 0) is 18.3 Å². The highest BCUT2D eigenvalue weighted by molar-refractivity contribution is 5.77. The van der Waals surface area contributed by atoms with Gasteiger partial charge in [-0.3, -0.25) is 9.69 Å². The van der Waals surface area contributed by atoms with Gasteiger partial charge in [0.05, 0.1) is 6.54 Å². The molecule has 0 radical (unpaired) electrons. The van der Waals surface area contributed by atoms with Crippen molar-refractivity contribution in [2.45, 2.75) is 38.1 Å².